The largest absolute Gasteiger partial charge is 0.494 e. The number of benzene rings is 1. The first-order valence-corrected chi connectivity index (χ1v) is 5.79. The monoisotopic (exact) mass is 267 g/mol. The quantitative estimate of drug-likeness (QED) is 0.928. The van der Waals surface area contributed by atoms with E-state index in [9.17, 15) is 13.9 Å². The van der Waals surface area contributed by atoms with Crippen molar-refractivity contribution in [3.63, 3.8) is 0 Å². The Bertz CT molecular complexity index is 620. The van der Waals surface area contributed by atoms with Crippen LogP contribution in [0.25, 0.3) is 11.3 Å². The fraction of sp³-hybridized carbons (Fsp3) is 0.286. The molecule has 0 aliphatic heterocycles. The van der Waals surface area contributed by atoms with E-state index in [1.54, 1.807) is 17.7 Å². The van der Waals surface area contributed by atoms with Crippen LogP contribution >= 0.6 is 0 Å². The maximum atomic E-state index is 14.0. The van der Waals surface area contributed by atoms with E-state index in [4.69, 9.17) is 4.74 Å². The number of methoxy groups -OCH3 is 1. The van der Waals surface area contributed by atoms with E-state index in [-0.39, 0.29) is 17.9 Å². The van der Waals surface area contributed by atoms with Gasteiger partial charge in [0.05, 0.1) is 19.4 Å². The molecular weight excluding hydrogens is 252 g/mol. The lowest BCUT2D eigenvalue weighted by atomic mass is 10.1. The minimum Gasteiger partial charge on any atom is -0.494 e. The lowest BCUT2D eigenvalue weighted by molar-refractivity contribution is 0.281. The van der Waals surface area contributed by atoms with Gasteiger partial charge in [-0.25, -0.2) is 8.78 Å². The molecule has 1 aromatic carbocycles. The third-order valence-electron chi connectivity index (χ3n) is 3.33. The number of hydrogen-bond acceptors (Lipinski definition) is 2. The molecule has 0 aliphatic rings. The van der Waals surface area contributed by atoms with Crippen molar-refractivity contribution in [3.8, 4) is 17.0 Å². The highest BCUT2D eigenvalue weighted by molar-refractivity contribution is 5.64. The van der Waals surface area contributed by atoms with Crippen molar-refractivity contribution < 1.29 is 18.6 Å². The van der Waals surface area contributed by atoms with Crippen LogP contribution in [0, 0.1) is 18.6 Å². The smallest absolute Gasteiger partial charge is 0.165 e. The summed E-state index contributed by atoms with van der Waals surface area (Å²) in [6.45, 7) is 1.67. The molecule has 0 aliphatic carbocycles. The van der Waals surface area contributed by atoms with Crippen LogP contribution < -0.4 is 4.74 Å². The summed E-state index contributed by atoms with van der Waals surface area (Å²) in [5.74, 6) is -1.32. The van der Waals surface area contributed by atoms with Crippen LogP contribution in [0.15, 0.2) is 18.2 Å². The second kappa shape index (κ2) is 5.01. The highest BCUT2D eigenvalue weighted by Crippen LogP contribution is 2.31. The number of aliphatic hydroxyl groups is 1. The molecule has 3 nitrogen and oxygen atoms in total. The Labute approximate surface area is 110 Å². The molecule has 102 valence electrons. The van der Waals surface area contributed by atoms with Crippen LogP contribution in [-0.2, 0) is 13.7 Å². The third-order valence-corrected chi connectivity index (χ3v) is 3.33. The summed E-state index contributed by atoms with van der Waals surface area (Å²) in [6, 6.07) is 3.77. The Hall–Kier alpha value is -1.88. The van der Waals surface area contributed by atoms with Gasteiger partial charge in [-0.1, -0.05) is 0 Å². The summed E-state index contributed by atoms with van der Waals surface area (Å²) in [4.78, 5) is 0. The summed E-state index contributed by atoms with van der Waals surface area (Å²) in [7, 11) is 3.03. The van der Waals surface area contributed by atoms with E-state index in [0.717, 1.165) is 17.8 Å². The normalized spacial score (nSPS) is 10.8. The molecule has 0 unspecified atom stereocenters. The van der Waals surface area contributed by atoms with Gasteiger partial charge in [0.25, 0.3) is 0 Å². The molecule has 2 rings (SSSR count). The van der Waals surface area contributed by atoms with Gasteiger partial charge in [-0.3, -0.25) is 0 Å². The Morgan fingerprint density at radius 1 is 1.21 bits per heavy atom. The maximum absolute atomic E-state index is 14.0. The zero-order chi connectivity index (χ0) is 14.2. The summed E-state index contributed by atoms with van der Waals surface area (Å²) in [6.07, 6.45) is 0. The van der Waals surface area contributed by atoms with E-state index < -0.39 is 11.6 Å². The van der Waals surface area contributed by atoms with Gasteiger partial charge in [0.2, 0.25) is 0 Å². The fourth-order valence-electron chi connectivity index (χ4n) is 2.06. The van der Waals surface area contributed by atoms with Crippen molar-refractivity contribution in [1.29, 1.82) is 0 Å². The fourth-order valence-corrected chi connectivity index (χ4v) is 2.06. The van der Waals surface area contributed by atoms with E-state index in [0.29, 0.717) is 11.3 Å². The Kier molecular flexibility index (Phi) is 3.57. The van der Waals surface area contributed by atoms with E-state index >= 15 is 0 Å². The van der Waals surface area contributed by atoms with Gasteiger partial charge in [0, 0.05) is 24.4 Å². The third kappa shape index (κ3) is 2.21. The second-order valence-corrected chi connectivity index (χ2v) is 4.32. The van der Waals surface area contributed by atoms with E-state index in [1.165, 1.54) is 7.11 Å². The molecule has 0 bridgehead atoms. The SMILES string of the molecule is COc1cc(F)c(-c2cc(CO)c(C)n2C)cc1F. The van der Waals surface area contributed by atoms with Gasteiger partial charge in [-0.05, 0) is 24.6 Å². The molecule has 1 aromatic heterocycles. The molecule has 0 atom stereocenters. The molecule has 0 saturated carbocycles. The van der Waals surface area contributed by atoms with Crippen LogP contribution in [0.5, 0.6) is 5.75 Å². The summed E-state index contributed by atoms with van der Waals surface area (Å²) in [5, 5.41) is 9.21. The van der Waals surface area contributed by atoms with Crippen LogP contribution in [0.2, 0.25) is 0 Å². The Morgan fingerprint density at radius 3 is 2.42 bits per heavy atom. The van der Waals surface area contributed by atoms with Gasteiger partial charge in [0.15, 0.2) is 11.6 Å². The van der Waals surface area contributed by atoms with Crippen molar-refractivity contribution in [1.82, 2.24) is 4.57 Å². The highest BCUT2D eigenvalue weighted by Gasteiger charge is 2.16. The van der Waals surface area contributed by atoms with E-state index in [2.05, 4.69) is 0 Å². The molecule has 0 saturated heterocycles. The zero-order valence-electron chi connectivity index (χ0n) is 11.0. The average Bonchev–Trinajstić information content (AvgIpc) is 2.68. The van der Waals surface area contributed by atoms with Crippen molar-refractivity contribution in [2.45, 2.75) is 13.5 Å². The number of halogens is 2. The highest BCUT2D eigenvalue weighted by atomic mass is 19.1. The number of aromatic nitrogens is 1. The lowest BCUT2D eigenvalue weighted by Gasteiger charge is -2.09. The second-order valence-electron chi connectivity index (χ2n) is 4.32. The first-order chi connectivity index (χ1) is 8.99. The Balaban J connectivity index is 2.62. The molecule has 0 spiro atoms. The molecule has 19 heavy (non-hydrogen) atoms. The standard InChI is InChI=1S/C14H15F2NO2/c1-8-9(7-18)4-13(17(8)2)10-5-12(16)14(19-3)6-11(10)15/h4-6,18H,7H2,1-3H3. The molecule has 5 heteroatoms. The molecule has 0 radical (unpaired) electrons. The molecule has 0 fully saturated rings. The van der Waals surface area contributed by atoms with Crippen molar-refractivity contribution in [2.75, 3.05) is 7.11 Å². The summed E-state index contributed by atoms with van der Waals surface area (Å²) in [5.41, 5.74) is 2.16. The van der Waals surface area contributed by atoms with Gasteiger partial charge < -0.3 is 14.4 Å². The van der Waals surface area contributed by atoms with Crippen LogP contribution in [-0.4, -0.2) is 16.8 Å². The molecule has 2 aromatic rings. The first kappa shape index (κ1) is 13.5. The average molecular weight is 267 g/mol. The minimum absolute atomic E-state index is 0.130. The number of ether oxygens (including phenoxy) is 1. The van der Waals surface area contributed by atoms with Crippen molar-refractivity contribution in [3.05, 3.63) is 41.1 Å². The number of rotatable bonds is 3. The predicted octanol–water partition coefficient (Wildman–Crippen LogP) is 2.78. The van der Waals surface area contributed by atoms with E-state index in [1.807, 2.05) is 6.92 Å². The van der Waals surface area contributed by atoms with Crippen LogP contribution in [0.3, 0.4) is 0 Å². The van der Waals surface area contributed by atoms with Gasteiger partial charge in [-0.15, -0.1) is 0 Å². The van der Waals surface area contributed by atoms with Gasteiger partial charge >= 0.3 is 0 Å². The van der Waals surface area contributed by atoms with Crippen LogP contribution in [0.1, 0.15) is 11.3 Å². The lowest BCUT2D eigenvalue weighted by Crippen LogP contribution is -1.98. The summed E-state index contributed by atoms with van der Waals surface area (Å²) < 4.78 is 34.1. The minimum atomic E-state index is -0.622. The number of hydrogen-bond donors (Lipinski definition) is 1. The molecule has 1 N–H and O–H groups in total. The number of nitrogens with zero attached hydrogens (tertiary/aromatic N) is 1. The number of aliphatic hydroxyl groups excluding tert-OH is 1. The maximum Gasteiger partial charge on any atom is 0.165 e. The first-order valence-electron chi connectivity index (χ1n) is 5.79. The summed E-state index contributed by atoms with van der Waals surface area (Å²) >= 11 is 0. The van der Waals surface area contributed by atoms with Gasteiger partial charge in [-0.2, -0.15) is 0 Å². The van der Waals surface area contributed by atoms with Crippen molar-refractivity contribution >= 4 is 0 Å². The van der Waals surface area contributed by atoms with Gasteiger partial charge in [0.1, 0.15) is 5.82 Å². The zero-order valence-corrected chi connectivity index (χ0v) is 11.0. The predicted molar refractivity (Wildman–Crippen MR) is 68.0 cm³/mol. The topological polar surface area (TPSA) is 34.4 Å². The molecule has 1 heterocycles. The molecular formula is C14H15F2NO2. The Morgan fingerprint density at radius 2 is 1.89 bits per heavy atom. The molecule has 0 amide bonds. The van der Waals surface area contributed by atoms with Crippen molar-refractivity contribution in [2.24, 2.45) is 7.05 Å². The van der Waals surface area contributed by atoms with Crippen LogP contribution in [0.4, 0.5) is 8.78 Å².